The Morgan fingerprint density at radius 1 is 1.06 bits per heavy atom. The fourth-order valence-corrected chi connectivity index (χ4v) is 4.51. The third-order valence-corrected chi connectivity index (χ3v) is 6.55. The molecule has 1 fully saturated rings. The number of morpholine rings is 1. The number of hydrogen-bond donors (Lipinski definition) is 1. The number of aromatic nitrogens is 1. The summed E-state index contributed by atoms with van der Waals surface area (Å²) < 4.78 is 49.4. The Labute approximate surface area is 177 Å². The Bertz CT molecular complexity index is 1250. The zero-order chi connectivity index (χ0) is 21.4. The third-order valence-electron chi connectivity index (χ3n) is 5.16. The quantitative estimate of drug-likeness (QED) is 0.628. The van der Waals surface area contributed by atoms with Gasteiger partial charge in [0.05, 0.1) is 23.5 Å². The van der Waals surface area contributed by atoms with Crippen LogP contribution < -0.4 is 14.2 Å². The van der Waals surface area contributed by atoms with Crippen molar-refractivity contribution < 1.29 is 31.9 Å². The van der Waals surface area contributed by atoms with Crippen molar-refractivity contribution in [3.8, 4) is 11.5 Å². The molecule has 1 N–H and O–H groups in total. The van der Waals surface area contributed by atoms with Crippen molar-refractivity contribution in [2.24, 2.45) is 0 Å². The molecule has 0 radical (unpaired) electrons. The van der Waals surface area contributed by atoms with Crippen LogP contribution in [0.5, 0.6) is 11.5 Å². The monoisotopic (exact) mass is 445 g/mol. The van der Waals surface area contributed by atoms with Crippen LogP contribution in [0, 0.1) is 0 Å². The highest BCUT2D eigenvalue weighted by atomic mass is 32.2. The minimum Gasteiger partial charge on any atom is -0.454 e. The average molecular weight is 445 g/mol. The number of rotatable bonds is 5. The van der Waals surface area contributed by atoms with Crippen molar-refractivity contribution in [3.63, 3.8) is 0 Å². The second kappa shape index (κ2) is 7.84. The van der Waals surface area contributed by atoms with Gasteiger partial charge in [0, 0.05) is 19.6 Å². The highest BCUT2D eigenvalue weighted by molar-refractivity contribution is 7.89. The fraction of sp³-hybridized carbons (Fsp3) is 0.300. The van der Waals surface area contributed by atoms with Gasteiger partial charge in [-0.05, 0) is 35.9 Å². The van der Waals surface area contributed by atoms with Gasteiger partial charge in [0.25, 0.3) is 5.91 Å². The first-order valence-electron chi connectivity index (χ1n) is 9.66. The number of ether oxygens (including phenoxy) is 3. The molecular formula is C20H19N3O7S. The van der Waals surface area contributed by atoms with Crippen molar-refractivity contribution in [2.75, 3.05) is 33.1 Å². The molecule has 1 saturated heterocycles. The minimum atomic E-state index is -3.85. The van der Waals surface area contributed by atoms with E-state index in [-0.39, 0.29) is 29.8 Å². The number of nitrogens with one attached hydrogen (secondary N) is 1. The van der Waals surface area contributed by atoms with Gasteiger partial charge in [-0.1, -0.05) is 11.2 Å². The predicted molar refractivity (Wildman–Crippen MR) is 107 cm³/mol. The van der Waals surface area contributed by atoms with Crippen LogP contribution in [0.3, 0.4) is 0 Å². The summed E-state index contributed by atoms with van der Waals surface area (Å²) in [5.41, 5.74) is 1.15. The lowest BCUT2D eigenvalue weighted by atomic mass is 10.2. The van der Waals surface area contributed by atoms with Gasteiger partial charge in [0.15, 0.2) is 22.8 Å². The Balaban J connectivity index is 1.38. The van der Waals surface area contributed by atoms with Crippen molar-refractivity contribution in [3.05, 3.63) is 47.7 Å². The lowest BCUT2D eigenvalue weighted by Gasteiger charge is -2.25. The Kier molecular flexibility index (Phi) is 5.00. The summed E-state index contributed by atoms with van der Waals surface area (Å²) in [4.78, 5) is 14.4. The van der Waals surface area contributed by atoms with E-state index in [4.69, 9.17) is 18.7 Å². The number of hydrogen-bond acceptors (Lipinski definition) is 8. The van der Waals surface area contributed by atoms with E-state index in [9.17, 15) is 13.2 Å². The lowest BCUT2D eigenvalue weighted by Crippen LogP contribution is -2.40. The standard InChI is InChI=1S/C20H19N3O7S/c24-20(23-5-7-27-8-6-23)19-15-10-14(2-4-16(15)30-22-19)31(25,26)21-11-13-1-3-17-18(9-13)29-12-28-17/h1-4,9-10,21H,5-8,11-12H2. The highest BCUT2D eigenvalue weighted by Crippen LogP contribution is 2.32. The van der Waals surface area contributed by atoms with Crippen LogP contribution in [0.1, 0.15) is 16.1 Å². The van der Waals surface area contributed by atoms with Crippen molar-refractivity contribution >= 4 is 26.9 Å². The predicted octanol–water partition coefficient (Wildman–Crippen LogP) is 1.51. The molecule has 0 aliphatic carbocycles. The average Bonchev–Trinajstić information content (AvgIpc) is 3.44. The molecule has 3 aromatic rings. The number of amides is 1. The van der Waals surface area contributed by atoms with Gasteiger partial charge in [0.2, 0.25) is 16.8 Å². The van der Waals surface area contributed by atoms with E-state index in [0.717, 1.165) is 5.56 Å². The Hall–Kier alpha value is -3.15. The van der Waals surface area contributed by atoms with E-state index in [2.05, 4.69) is 9.88 Å². The first kappa shape index (κ1) is 19.8. The number of carbonyl (C=O) groups excluding carboxylic acids is 1. The fourth-order valence-electron chi connectivity index (χ4n) is 3.47. The van der Waals surface area contributed by atoms with E-state index in [1.54, 1.807) is 23.1 Å². The molecule has 0 saturated carbocycles. The second-order valence-corrected chi connectivity index (χ2v) is 8.87. The summed E-state index contributed by atoms with van der Waals surface area (Å²) in [6, 6.07) is 9.54. The van der Waals surface area contributed by atoms with Gasteiger partial charge < -0.3 is 23.6 Å². The van der Waals surface area contributed by atoms with Crippen LogP contribution in [0.4, 0.5) is 0 Å². The first-order chi connectivity index (χ1) is 15.0. The number of sulfonamides is 1. The molecule has 10 nitrogen and oxygen atoms in total. The van der Waals surface area contributed by atoms with Crippen LogP contribution in [0.25, 0.3) is 11.0 Å². The number of nitrogens with zero attached hydrogens (tertiary/aromatic N) is 2. The molecule has 2 aliphatic rings. The van der Waals surface area contributed by atoms with E-state index in [1.165, 1.54) is 18.2 Å². The number of benzene rings is 2. The van der Waals surface area contributed by atoms with Crippen LogP contribution in [0.15, 0.2) is 45.8 Å². The van der Waals surface area contributed by atoms with Crippen molar-refractivity contribution in [2.45, 2.75) is 11.4 Å². The molecule has 1 amide bonds. The van der Waals surface area contributed by atoms with Crippen molar-refractivity contribution in [1.29, 1.82) is 0 Å². The molecule has 3 heterocycles. The summed E-state index contributed by atoms with van der Waals surface area (Å²) in [6.07, 6.45) is 0. The van der Waals surface area contributed by atoms with Gasteiger partial charge in [-0.15, -0.1) is 0 Å². The zero-order valence-electron chi connectivity index (χ0n) is 16.4. The molecule has 2 aromatic carbocycles. The largest absolute Gasteiger partial charge is 0.454 e. The summed E-state index contributed by atoms with van der Waals surface area (Å²) in [5.74, 6) is 0.890. The molecule has 11 heteroatoms. The van der Waals surface area contributed by atoms with Gasteiger partial charge in [-0.3, -0.25) is 4.79 Å². The molecule has 0 spiro atoms. The lowest BCUT2D eigenvalue weighted by molar-refractivity contribution is 0.0297. The summed E-state index contributed by atoms with van der Waals surface area (Å²) in [5, 5.41) is 4.22. The van der Waals surface area contributed by atoms with Gasteiger partial charge >= 0.3 is 0 Å². The number of fused-ring (bicyclic) bond motifs is 2. The maximum atomic E-state index is 12.9. The molecule has 2 aliphatic heterocycles. The summed E-state index contributed by atoms with van der Waals surface area (Å²) in [6.45, 7) is 2.01. The zero-order valence-corrected chi connectivity index (χ0v) is 17.2. The van der Waals surface area contributed by atoms with E-state index >= 15 is 0 Å². The van der Waals surface area contributed by atoms with E-state index in [1.807, 2.05) is 0 Å². The molecular weight excluding hydrogens is 426 g/mol. The maximum Gasteiger partial charge on any atom is 0.276 e. The SMILES string of the molecule is O=C(c1noc2ccc(S(=O)(=O)NCc3ccc4c(c3)OCO4)cc12)N1CCOCC1. The van der Waals surface area contributed by atoms with Gasteiger partial charge in [-0.2, -0.15) is 0 Å². The molecule has 0 unspecified atom stereocenters. The number of carbonyl (C=O) groups is 1. The van der Waals surface area contributed by atoms with Crippen LogP contribution >= 0.6 is 0 Å². The van der Waals surface area contributed by atoms with Crippen LogP contribution in [0.2, 0.25) is 0 Å². The van der Waals surface area contributed by atoms with Crippen LogP contribution in [-0.2, 0) is 21.3 Å². The smallest absolute Gasteiger partial charge is 0.276 e. The molecule has 162 valence electrons. The highest BCUT2D eigenvalue weighted by Gasteiger charge is 2.25. The third kappa shape index (κ3) is 3.82. The summed E-state index contributed by atoms with van der Waals surface area (Å²) in [7, 11) is -3.85. The van der Waals surface area contributed by atoms with E-state index < -0.39 is 10.0 Å². The minimum absolute atomic E-state index is 0.0139. The molecule has 5 rings (SSSR count). The normalized spacial score (nSPS) is 16.1. The topological polar surface area (TPSA) is 120 Å². The second-order valence-electron chi connectivity index (χ2n) is 7.11. The maximum absolute atomic E-state index is 12.9. The van der Waals surface area contributed by atoms with Gasteiger partial charge in [0.1, 0.15) is 0 Å². The molecule has 31 heavy (non-hydrogen) atoms. The summed E-state index contributed by atoms with van der Waals surface area (Å²) >= 11 is 0. The Morgan fingerprint density at radius 3 is 2.71 bits per heavy atom. The van der Waals surface area contributed by atoms with Crippen molar-refractivity contribution in [1.82, 2.24) is 14.8 Å². The molecule has 0 atom stereocenters. The first-order valence-corrected chi connectivity index (χ1v) is 11.1. The molecule has 1 aromatic heterocycles. The Morgan fingerprint density at radius 2 is 1.87 bits per heavy atom. The van der Waals surface area contributed by atoms with Gasteiger partial charge in [-0.25, -0.2) is 13.1 Å². The molecule has 0 bridgehead atoms. The van der Waals surface area contributed by atoms with Crippen LogP contribution in [-0.4, -0.2) is 57.5 Å². The van der Waals surface area contributed by atoms with E-state index in [0.29, 0.717) is 48.8 Å².